The Bertz CT molecular complexity index is 861. The number of nitrogens with zero attached hydrogens (tertiary/aromatic N) is 3. The first-order chi connectivity index (χ1) is 20.7. The van der Waals surface area contributed by atoms with Crippen LogP contribution in [0.25, 0.3) is 0 Å². The van der Waals surface area contributed by atoms with Gasteiger partial charge in [-0.05, 0) is 74.5 Å². The van der Waals surface area contributed by atoms with Crippen LogP contribution in [0.2, 0.25) is 0 Å². The van der Waals surface area contributed by atoms with Crippen molar-refractivity contribution in [3.05, 3.63) is 24.6 Å². The molecule has 248 valence electrons. The number of alkyl halides is 1. The molecule has 6 unspecified atom stereocenters. The number of hydrogen-bond acceptors (Lipinski definition) is 4. The molecular weight excluding hydrogens is 533 g/mol. The lowest BCUT2D eigenvalue weighted by molar-refractivity contribution is -0.835. The Morgan fingerprint density at radius 1 is 0.930 bits per heavy atom. The van der Waals surface area contributed by atoms with Gasteiger partial charge in [0, 0.05) is 50.5 Å². The Kier molecular flexibility index (Phi) is 13.3. The summed E-state index contributed by atoms with van der Waals surface area (Å²) in [6, 6.07) is 0.784. The van der Waals surface area contributed by atoms with Gasteiger partial charge in [-0.25, -0.2) is 9.29 Å². The van der Waals surface area contributed by atoms with Crippen LogP contribution in [0.1, 0.15) is 117 Å². The van der Waals surface area contributed by atoms with Crippen LogP contribution in [0.3, 0.4) is 0 Å². The number of likely N-dealkylation sites (N-methyl/N-ethyl adjacent to an activating group) is 1. The van der Waals surface area contributed by atoms with E-state index in [2.05, 4.69) is 56.1 Å². The van der Waals surface area contributed by atoms with Crippen LogP contribution in [0.15, 0.2) is 24.6 Å². The third-order valence-corrected chi connectivity index (χ3v) is 12.3. The van der Waals surface area contributed by atoms with E-state index in [0.717, 1.165) is 73.4 Å². The van der Waals surface area contributed by atoms with Crippen LogP contribution in [0.5, 0.6) is 0 Å². The van der Waals surface area contributed by atoms with Gasteiger partial charge in [-0.3, -0.25) is 10.2 Å². The maximum Gasteiger partial charge on any atom is 0.200 e. The molecule has 43 heavy (non-hydrogen) atoms. The fraction of sp³-hybridized carbons (Fsp3) is 0.892. The van der Waals surface area contributed by atoms with Crippen molar-refractivity contribution in [2.45, 2.75) is 136 Å². The normalized spacial score (nSPS) is 31.2. The molecule has 4 fully saturated rings. The molecule has 6 atom stereocenters. The van der Waals surface area contributed by atoms with Gasteiger partial charge in [-0.15, -0.1) is 0 Å². The van der Waals surface area contributed by atoms with Crippen LogP contribution in [0, 0.1) is 29.6 Å². The second-order valence-electron chi connectivity index (χ2n) is 15.5. The Morgan fingerprint density at radius 2 is 1.60 bits per heavy atom. The van der Waals surface area contributed by atoms with Crippen LogP contribution in [-0.2, 0) is 0 Å². The summed E-state index contributed by atoms with van der Waals surface area (Å²) in [5.41, 5.74) is 9.07. The zero-order valence-corrected chi connectivity index (χ0v) is 28.7. The van der Waals surface area contributed by atoms with Gasteiger partial charge in [0.2, 0.25) is 0 Å². The Morgan fingerprint density at radius 3 is 2.23 bits per heavy atom. The minimum Gasteiger partial charge on any atom is -0.389 e. The highest BCUT2D eigenvalue weighted by molar-refractivity contribution is 5.06. The molecule has 0 aromatic rings. The van der Waals surface area contributed by atoms with Gasteiger partial charge >= 0.3 is 0 Å². The quantitative estimate of drug-likeness (QED) is 0.0906. The van der Waals surface area contributed by atoms with E-state index in [1.807, 2.05) is 0 Å². The van der Waals surface area contributed by atoms with E-state index in [-0.39, 0.29) is 12.2 Å². The smallest absolute Gasteiger partial charge is 0.200 e. The third-order valence-electron chi connectivity index (χ3n) is 12.3. The highest BCUT2D eigenvalue weighted by atomic mass is 19.1. The van der Waals surface area contributed by atoms with Crippen molar-refractivity contribution in [1.29, 1.82) is 0 Å². The molecule has 1 aliphatic carbocycles. The first-order valence-corrected chi connectivity index (χ1v) is 18.5. The predicted molar refractivity (Wildman–Crippen MR) is 181 cm³/mol. The molecule has 4 rings (SSSR count). The minimum absolute atomic E-state index is 0.171. The molecule has 3 saturated heterocycles. The van der Waals surface area contributed by atoms with Gasteiger partial charge in [0.1, 0.15) is 18.8 Å². The second-order valence-corrected chi connectivity index (χ2v) is 15.5. The highest BCUT2D eigenvalue weighted by Gasteiger charge is 2.56. The number of quaternary nitrogens is 1. The van der Waals surface area contributed by atoms with Gasteiger partial charge in [-0.2, -0.15) is 0 Å². The van der Waals surface area contributed by atoms with E-state index in [1.165, 1.54) is 96.0 Å². The predicted octanol–water partition coefficient (Wildman–Crippen LogP) is 7.65. The van der Waals surface area contributed by atoms with Crippen molar-refractivity contribution in [2.75, 3.05) is 46.3 Å². The van der Waals surface area contributed by atoms with Gasteiger partial charge in [0.25, 0.3) is 0 Å². The van der Waals surface area contributed by atoms with E-state index < -0.39 is 6.17 Å². The Hall–Kier alpha value is -1.11. The molecule has 3 N–H and O–H groups in total. The number of nitrogens with two attached hydrogens (primary N) is 1. The summed E-state index contributed by atoms with van der Waals surface area (Å²) < 4.78 is 16.3. The molecule has 0 bridgehead atoms. The first-order valence-electron chi connectivity index (χ1n) is 18.5. The van der Waals surface area contributed by atoms with E-state index in [4.69, 9.17) is 5.73 Å². The van der Waals surface area contributed by atoms with Crippen molar-refractivity contribution in [2.24, 2.45) is 35.3 Å². The number of hydrogen-bond donors (Lipinski definition) is 2. The van der Waals surface area contributed by atoms with Crippen molar-refractivity contribution >= 4 is 0 Å². The van der Waals surface area contributed by atoms with E-state index in [9.17, 15) is 0 Å². The molecule has 0 spiro atoms. The van der Waals surface area contributed by atoms with Crippen LogP contribution in [-0.4, -0.2) is 79.1 Å². The molecular formula is C37H69FN5+. The zero-order chi connectivity index (χ0) is 31.0. The van der Waals surface area contributed by atoms with Crippen LogP contribution >= 0.6 is 0 Å². The van der Waals surface area contributed by atoms with E-state index in [1.54, 1.807) is 0 Å². The number of rotatable bonds is 19. The fourth-order valence-corrected chi connectivity index (χ4v) is 8.62. The van der Waals surface area contributed by atoms with Crippen molar-refractivity contribution < 1.29 is 8.87 Å². The van der Waals surface area contributed by atoms with Gasteiger partial charge in [0.15, 0.2) is 6.29 Å². The highest BCUT2D eigenvalue weighted by Crippen LogP contribution is 2.39. The third kappa shape index (κ3) is 9.69. The molecule has 6 heteroatoms. The number of halogens is 1. The monoisotopic (exact) mass is 603 g/mol. The maximum atomic E-state index is 15.3. The van der Waals surface area contributed by atoms with Crippen LogP contribution in [0.4, 0.5) is 4.39 Å². The summed E-state index contributed by atoms with van der Waals surface area (Å²) in [5.74, 6) is 3.01. The van der Waals surface area contributed by atoms with Gasteiger partial charge < -0.3 is 10.2 Å². The molecule has 0 radical (unpaired) electrons. The fourth-order valence-electron chi connectivity index (χ4n) is 8.62. The van der Waals surface area contributed by atoms with Crippen LogP contribution < -0.4 is 11.1 Å². The number of allylic oxidation sites excluding steroid dienone is 2. The molecule has 0 amide bonds. The molecule has 3 aliphatic heterocycles. The van der Waals surface area contributed by atoms with Gasteiger partial charge in [0.05, 0.1) is 7.05 Å². The lowest BCUT2D eigenvalue weighted by Crippen LogP contribution is -2.57. The lowest BCUT2D eigenvalue weighted by Gasteiger charge is -2.44. The van der Waals surface area contributed by atoms with Crippen molar-refractivity contribution in [3.8, 4) is 0 Å². The Labute approximate surface area is 265 Å². The first kappa shape index (κ1) is 34.8. The average molecular weight is 603 g/mol. The number of likely N-dealkylation sites (tertiary alicyclic amines) is 2. The summed E-state index contributed by atoms with van der Waals surface area (Å²) in [6.45, 7) is 22.2. The summed E-state index contributed by atoms with van der Waals surface area (Å²) in [4.78, 5) is 4.96. The molecule has 5 nitrogen and oxygen atoms in total. The average Bonchev–Trinajstić information content (AvgIpc) is 3.64. The molecule has 0 aromatic carbocycles. The largest absolute Gasteiger partial charge is 0.389 e. The van der Waals surface area contributed by atoms with Gasteiger partial charge in [-0.1, -0.05) is 78.9 Å². The van der Waals surface area contributed by atoms with E-state index in [0.29, 0.717) is 11.8 Å². The number of piperidine rings is 1. The summed E-state index contributed by atoms with van der Waals surface area (Å²) in [6.07, 6.45) is 17.2. The Balaban J connectivity index is 1.03. The molecule has 1 saturated carbocycles. The number of nitrogens with one attached hydrogen (secondary N) is 1. The molecule has 3 heterocycles. The number of unbranched alkanes of at least 4 members (excludes halogenated alkanes) is 1. The molecule has 0 aromatic heterocycles. The SMILES string of the molecule is C=C(CC1CN(C(=C)CC2CCC(CCCCC3CCN(C(N)[N+]4(C)CC4CCC)CC3)CC2F)C1)NCC(CC)CC. The zero-order valence-electron chi connectivity index (χ0n) is 28.7. The summed E-state index contributed by atoms with van der Waals surface area (Å²) in [5, 5.41) is 3.56. The van der Waals surface area contributed by atoms with Crippen molar-refractivity contribution in [1.82, 2.24) is 15.1 Å². The standard InChI is InChI=1S/C37H69FN5/c1-7-12-35-27-43(35,6)37(39)41-19-17-31(18-20-41)13-10-11-14-32-15-16-34(36(38)23-32)22-29(5)42-25-33(26-42)21-28(4)40-24-30(8-2)9-3/h30-37,40H,4-5,7-27,39H2,1-3,6H3/q+1. The minimum atomic E-state index is -0.654. The molecule has 4 aliphatic rings. The second kappa shape index (κ2) is 16.5. The topological polar surface area (TPSA) is 44.5 Å². The lowest BCUT2D eigenvalue weighted by atomic mass is 9.76. The summed E-state index contributed by atoms with van der Waals surface area (Å²) in [7, 11) is 2.36. The maximum absolute atomic E-state index is 15.3. The van der Waals surface area contributed by atoms with Crippen molar-refractivity contribution in [3.63, 3.8) is 0 Å². The van der Waals surface area contributed by atoms with E-state index >= 15 is 4.39 Å². The summed E-state index contributed by atoms with van der Waals surface area (Å²) >= 11 is 0.